The molecule has 1 atom stereocenters. The van der Waals surface area contributed by atoms with E-state index in [1.165, 1.54) is 37.7 Å². The second kappa shape index (κ2) is 7.31. The fourth-order valence-corrected chi connectivity index (χ4v) is 2.71. The molecule has 0 heterocycles. The van der Waals surface area contributed by atoms with Crippen molar-refractivity contribution in [3.8, 4) is 0 Å². The third kappa shape index (κ3) is 5.54. The molecular weight excluding hydrogens is 254 g/mol. The molecule has 1 aromatic carbocycles. The van der Waals surface area contributed by atoms with Gasteiger partial charge in [0.1, 0.15) is 0 Å². The molecule has 0 bridgehead atoms. The maximum absolute atomic E-state index is 6.13. The summed E-state index contributed by atoms with van der Waals surface area (Å²) < 4.78 is 0. The highest BCUT2D eigenvalue weighted by Gasteiger charge is 2.22. The van der Waals surface area contributed by atoms with Gasteiger partial charge in [-0.05, 0) is 48.8 Å². The van der Waals surface area contributed by atoms with Crippen LogP contribution in [0.3, 0.4) is 0 Å². The molecule has 2 rings (SSSR count). The molecule has 1 aliphatic rings. The lowest BCUT2D eigenvalue weighted by atomic mass is 9.92. The van der Waals surface area contributed by atoms with Gasteiger partial charge in [0.05, 0.1) is 0 Å². The standard InChI is InChI=1S/C17H26ClN/c1-13(2)5-3-7-15(12-19-17-9-10-17)14-6-4-8-16(18)11-14/h4,6,8,11,13,15,17,19H,3,5,7,9-10,12H2,1-2H3. The van der Waals surface area contributed by atoms with Gasteiger partial charge >= 0.3 is 0 Å². The second-order valence-corrected chi connectivity index (χ2v) is 6.70. The molecular formula is C17H26ClN. The van der Waals surface area contributed by atoms with E-state index in [9.17, 15) is 0 Å². The molecule has 1 aromatic rings. The fourth-order valence-electron chi connectivity index (χ4n) is 2.52. The van der Waals surface area contributed by atoms with Crippen molar-refractivity contribution in [2.24, 2.45) is 5.92 Å². The van der Waals surface area contributed by atoms with Gasteiger partial charge in [0, 0.05) is 17.6 Å². The van der Waals surface area contributed by atoms with E-state index in [2.05, 4.69) is 37.4 Å². The summed E-state index contributed by atoms with van der Waals surface area (Å²) in [6, 6.07) is 9.18. The Hall–Kier alpha value is -0.530. The highest BCUT2D eigenvalue weighted by atomic mass is 35.5. The molecule has 0 radical (unpaired) electrons. The molecule has 0 amide bonds. The lowest BCUT2D eigenvalue weighted by molar-refractivity contribution is 0.479. The van der Waals surface area contributed by atoms with Gasteiger partial charge in [-0.3, -0.25) is 0 Å². The largest absolute Gasteiger partial charge is 0.313 e. The summed E-state index contributed by atoms with van der Waals surface area (Å²) in [6.45, 7) is 5.71. The summed E-state index contributed by atoms with van der Waals surface area (Å²) in [5, 5.41) is 4.53. The Morgan fingerprint density at radius 1 is 1.26 bits per heavy atom. The van der Waals surface area contributed by atoms with E-state index in [0.717, 1.165) is 23.5 Å². The van der Waals surface area contributed by atoms with E-state index in [4.69, 9.17) is 11.6 Å². The quantitative estimate of drug-likeness (QED) is 0.706. The van der Waals surface area contributed by atoms with Crippen molar-refractivity contribution < 1.29 is 0 Å². The van der Waals surface area contributed by atoms with Crippen molar-refractivity contribution in [3.05, 3.63) is 34.9 Å². The lowest BCUT2D eigenvalue weighted by Gasteiger charge is -2.19. The van der Waals surface area contributed by atoms with E-state index >= 15 is 0 Å². The van der Waals surface area contributed by atoms with Crippen LogP contribution in [0.1, 0.15) is 57.4 Å². The van der Waals surface area contributed by atoms with Crippen molar-refractivity contribution in [1.82, 2.24) is 5.32 Å². The Labute approximate surface area is 122 Å². The summed E-state index contributed by atoms with van der Waals surface area (Å²) >= 11 is 6.13. The summed E-state index contributed by atoms with van der Waals surface area (Å²) in [6.07, 6.45) is 6.60. The van der Waals surface area contributed by atoms with Crippen LogP contribution in [0.15, 0.2) is 24.3 Å². The Bertz CT molecular complexity index is 385. The fraction of sp³-hybridized carbons (Fsp3) is 0.647. The molecule has 0 saturated heterocycles. The third-order valence-electron chi connectivity index (χ3n) is 3.88. The van der Waals surface area contributed by atoms with Crippen LogP contribution in [-0.4, -0.2) is 12.6 Å². The third-order valence-corrected chi connectivity index (χ3v) is 4.12. The van der Waals surface area contributed by atoms with E-state index in [0.29, 0.717) is 5.92 Å². The average Bonchev–Trinajstić information content (AvgIpc) is 3.17. The zero-order valence-corrected chi connectivity index (χ0v) is 12.9. The predicted molar refractivity (Wildman–Crippen MR) is 83.9 cm³/mol. The van der Waals surface area contributed by atoms with Crippen LogP contribution in [0.5, 0.6) is 0 Å². The summed E-state index contributed by atoms with van der Waals surface area (Å²) in [4.78, 5) is 0. The molecule has 1 unspecified atom stereocenters. The van der Waals surface area contributed by atoms with Crippen LogP contribution >= 0.6 is 11.6 Å². The van der Waals surface area contributed by atoms with Crippen molar-refractivity contribution in [3.63, 3.8) is 0 Å². The Morgan fingerprint density at radius 3 is 2.68 bits per heavy atom. The first-order valence-corrected chi connectivity index (χ1v) is 8.02. The lowest BCUT2D eigenvalue weighted by Crippen LogP contribution is -2.23. The monoisotopic (exact) mass is 279 g/mol. The van der Waals surface area contributed by atoms with Gasteiger partial charge in [0.25, 0.3) is 0 Å². The molecule has 0 aromatic heterocycles. The molecule has 2 heteroatoms. The van der Waals surface area contributed by atoms with Crippen molar-refractivity contribution in [2.75, 3.05) is 6.54 Å². The molecule has 106 valence electrons. The van der Waals surface area contributed by atoms with Gasteiger partial charge < -0.3 is 5.32 Å². The smallest absolute Gasteiger partial charge is 0.0408 e. The van der Waals surface area contributed by atoms with Crippen molar-refractivity contribution in [1.29, 1.82) is 0 Å². The Balaban J connectivity index is 1.91. The molecule has 19 heavy (non-hydrogen) atoms. The van der Waals surface area contributed by atoms with Crippen LogP contribution in [-0.2, 0) is 0 Å². The van der Waals surface area contributed by atoms with E-state index in [-0.39, 0.29) is 0 Å². The van der Waals surface area contributed by atoms with Gasteiger partial charge in [0.15, 0.2) is 0 Å². The topological polar surface area (TPSA) is 12.0 Å². The van der Waals surface area contributed by atoms with Crippen LogP contribution in [0.4, 0.5) is 0 Å². The molecule has 0 spiro atoms. The minimum Gasteiger partial charge on any atom is -0.313 e. The van der Waals surface area contributed by atoms with Gasteiger partial charge in [0.2, 0.25) is 0 Å². The van der Waals surface area contributed by atoms with Gasteiger partial charge in [-0.25, -0.2) is 0 Å². The minimum absolute atomic E-state index is 0.609. The zero-order valence-electron chi connectivity index (χ0n) is 12.2. The number of nitrogens with one attached hydrogen (secondary N) is 1. The number of hydrogen-bond acceptors (Lipinski definition) is 1. The second-order valence-electron chi connectivity index (χ2n) is 6.26. The predicted octanol–water partition coefficient (Wildman–Crippen LogP) is 5.00. The maximum Gasteiger partial charge on any atom is 0.0408 e. The van der Waals surface area contributed by atoms with E-state index < -0.39 is 0 Å². The van der Waals surface area contributed by atoms with Crippen molar-refractivity contribution >= 4 is 11.6 Å². The number of rotatable bonds is 8. The zero-order chi connectivity index (χ0) is 13.7. The van der Waals surface area contributed by atoms with Crippen LogP contribution in [0, 0.1) is 5.92 Å². The Kier molecular flexibility index (Phi) is 5.72. The average molecular weight is 280 g/mol. The summed E-state index contributed by atoms with van der Waals surface area (Å²) in [5.74, 6) is 1.41. The molecule has 1 fully saturated rings. The van der Waals surface area contributed by atoms with Crippen LogP contribution in [0.2, 0.25) is 5.02 Å². The van der Waals surface area contributed by atoms with E-state index in [1.807, 2.05) is 6.07 Å². The first-order valence-electron chi connectivity index (χ1n) is 7.64. The van der Waals surface area contributed by atoms with Crippen LogP contribution in [0.25, 0.3) is 0 Å². The number of benzene rings is 1. The summed E-state index contributed by atoms with van der Waals surface area (Å²) in [5.41, 5.74) is 1.39. The molecule has 1 aliphatic carbocycles. The number of halogens is 1. The first kappa shape index (κ1) is 14.9. The number of hydrogen-bond donors (Lipinski definition) is 1. The van der Waals surface area contributed by atoms with Gasteiger partial charge in [-0.2, -0.15) is 0 Å². The Morgan fingerprint density at radius 2 is 2.05 bits per heavy atom. The van der Waals surface area contributed by atoms with Gasteiger partial charge in [-0.1, -0.05) is 50.4 Å². The van der Waals surface area contributed by atoms with Crippen molar-refractivity contribution in [2.45, 2.75) is 57.9 Å². The molecule has 1 nitrogen and oxygen atoms in total. The van der Waals surface area contributed by atoms with E-state index in [1.54, 1.807) is 0 Å². The first-order chi connectivity index (χ1) is 9.15. The molecule has 1 N–H and O–H groups in total. The molecule has 0 aliphatic heterocycles. The normalized spacial score (nSPS) is 16.8. The van der Waals surface area contributed by atoms with Crippen LogP contribution < -0.4 is 5.32 Å². The maximum atomic E-state index is 6.13. The highest BCUT2D eigenvalue weighted by Crippen LogP contribution is 2.27. The minimum atomic E-state index is 0.609. The molecule has 1 saturated carbocycles. The highest BCUT2D eigenvalue weighted by molar-refractivity contribution is 6.30. The SMILES string of the molecule is CC(C)CCCC(CNC1CC1)c1cccc(Cl)c1. The summed E-state index contributed by atoms with van der Waals surface area (Å²) in [7, 11) is 0. The van der Waals surface area contributed by atoms with Gasteiger partial charge in [-0.15, -0.1) is 0 Å².